The Balaban J connectivity index is 1.69. The third kappa shape index (κ3) is 4.61. The van der Waals surface area contributed by atoms with Crippen LogP contribution in [0, 0.1) is 12.8 Å². The molecular formula is C23H30ClN3O2. The van der Waals surface area contributed by atoms with Gasteiger partial charge in [0.15, 0.2) is 0 Å². The van der Waals surface area contributed by atoms with Crippen LogP contribution in [0.2, 0.25) is 5.02 Å². The van der Waals surface area contributed by atoms with E-state index in [4.69, 9.17) is 21.3 Å². The summed E-state index contributed by atoms with van der Waals surface area (Å²) in [5.74, 6) is 2.15. The van der Waals surface area contributed by atoms with Gasteiger partial charge in [-0.15, -0.1) is 0 Å². The zero-order chi connectivity index (χ0) is 20.4. The van der Waals surface area contributed by atoms with E-state index in [1.165, 1.54) is 32.1 Å². The van der Waals surface area contributed by atoms with Crippen molar-refractivity contribution < 1.29 is 9.53 Å². The van der Waals surface area contributed by atoms with Crippen LogP contribution in [0.5, 0.6) is 5.75 Å². The lowest BCUT2D eigenvalue weighted by Gasteiger charge is -2.22. The zero-order valence-corrected chi connectivity index (χ0v) is 18.1. The number of nitrogens with zero attached hydrogens (tertiary/aromatic N) is 2. The lowest BCUT2D eigenvalue weighted by atomic mass is 9.87. The van der Waals surface area contributed by atoms with Gasteiger partial charge in [-0.25, -0.2) is 4.98 Å². The Hall–Kier alpha value is -2.01. The van der Waals surface area contributed by atoms with E-state index in [0.29, 0.717) is 22.5 Å². The average molecular weight is 416 g/mol. The van der Waals surface area contributed by atoms with Crippen LogP contribution in [0.4, 0.5) is 0 Å². The van der Waals surface area contributed by atoms with Crippen LogP contribution in [-0.2, 0) is 6.54 Å². The fourth-order valence-electron chi connectivity index (χ4n) is 4.35. The molecule has 29 heavy (non-hydrogen) atoms. The van der Waals surface area contributed by atoms with Gasteiger partial charge in [0.2, 0.25) is 0 Å². The van der Waals surface area contributed by atoms with E-state index < -0.39 is 0 Å². The van der Waals surface area contributed by atoms with Crippen LogP contribution < -0.4 is 10.1 Å². The molecule has 1 aromatic heterocycles. The summed E-state index contributed by atoms with van der Waals surface area (Å²) in [6, 6.07) is 5.85. The van der Waals surface area contributed by atoms with Crippen molar-refractivity contribution in [1.29, 1.82) is 0 Å². The molecule has 0 aliphatic heterocycles. The van der Waals surface area contributed by atoms with Crippen molar-refractivity contribution in [1.82, 2.24) is 14.9 Å². The van der Waals surface area contributed by atoms with E-state index in [0.717, 1.165) is 48.8 Å². The molecule has 0 saturated heterocycles. The lowest BCUT2D eigenvalue weighted by molar-refractivity contribution is 0.0945. The minimum Gasteiger partial charge on any atom is -0.496 e. The number of hydrogen-bond acceptors (Lipinski definition) is 3. The second-order valence-electron chi connectivity index (χ2n) is 8.41. The number of benzene rings is 1. The molecule has 1 N–H and O–H groups in total. The van der Waals surface area contributed by atoms with Crippen LogP contribution in [0.3, 0.4) is 0 Å². The van der Waals surface area contributed by atoms with Gasteiger partial charge in [0.05, 0.1) is 12.7 Å². The molecule has 0 bridgehead atoms. The summed E-state index contributed by atoms with van der Waals surface area (Å²) in [6.07, 6.45) is 9.85. The van der Waals surface area contributed by atoms with Gasteiger partial charge in [-0.2, -0.15) is 0 Å². The van der Waals surface area contributed by atoms with Crippen LogP contribution >= 0.6 is 11.6 Å². The van der Waals surface area contributed by atoms with Gasteiger partial charge in [0, 0.05) is 23.3 Å². The third-order valence-electron chi connectivity index (χ3n) is 6.24. The monoisotopic (exact) mass is 415 g/mol. The summed E-state index contributed by atoms with van der Waals surface area (Å²) < 4.78 is 7.76. The average Bonchev–Trinajstić information content (AvgIpc) is 3.48. The van der Waals surface area contributed by atoms with Crippen molar-refractivity contribution in [3.05, 3.63) is 34.6 Å². The maximum absolute atomic E-state index is 12.8. The first-order chi connectivity index (χ1) is 14.1. The van der Waals surface area contributed by atoms with Gasteiger partial charge in [-0.05, 0) is 50.3 Å². The predicted molar refractivity (Wildman–Crippen MR) is 116 cm³/mol. The Kier molecular flexibility index (Phi) is 6.14. The molecular weight excluding hydrogens is 386 g/mol. The van der Waals surface area contributed by atoms with E-state index in [1.807, 2.05) is 25.1 Å². The number of imidazole rings is 1. The van der Waals surface area contributed by atoms with Crippen LogP contribution in [0.25, 0.3) is 11.4 Å². The molecule has 0 atom stereocenters. The second kappa shape index (κ2) is 8.78. The summed E-state index contributed by atoms with van der Waals surface area (Å²) in [5.41, 5.74) is 2.26. The highest BCUT2D eigenvalue weighted by molar-refractivity contribution is 6.30. The van der Waals surface area contributed by atoms with Gasteiger partial charge < -0.3 is 14.6 Å². The molecule has 2 fully saturated rings. The van der Waals surface area contributed by atoms with E-state index >= 15 is 0 Å². The lowest BCUT2D eigenvalue weighted by Crippen LogP contribution is -2.26. The number of nitrogens with one attached hydrogen (secondary N) is 1. The van der Waals surface area contributed by atoms with Crippen LogP contribution in [-0.4, -0.2) is 28.6 Å². The van der Waals surface area contributed by atoms with Crippen molar-refractivity contribution in [2.24, 2.45) is 5.92 Å². The summed E-state index contributed by atoms with van der Waals surface area (Å²) >= 11 is 6.29. The molecule has 6 heteroatoms. The van der Waals surface area contributed by atoms with Gasteiger partial charge in [-0.1, -0.05) is 43.7 Å². The van der Waals surface area contributed by atoms with Crippen molar-refractivity contribution >= 4 is 17.5 Å². The van der Waals surface area contributed by atoms with E-state index in [9.17, 15) is 4.79 Å². The number of rotatable bonds is 7. The number of aromatic nitrogens is 2. The Labute approximate surface area is 177 Å². The zero-order valence-electron chi connectivity index (χ0n) is 17.3. The normalized spacial score (nSPS) is 17.3. The summed E-state index contributed by atoms with van der Waals surface area (Å²) in [5, 5.41) is 3.71. The summed E-state index contributed by atoms with van der Waals surface area (Å²) in [7, 11) is 1.65. The number of hydrogen-bond donors (Lipinski definition) is 1. The molecule has 2 aliphatic carbocycles. The quantitative estimate of drug-likeness (QED) is 0.660. The summed E-state index contributed by atoms with van der Waals surface area (Å²) in [4.78, 5) is 17.6. The van der Waals surface area contributed by atoms with Crippen molar-refractivity contribution in [3.8, 4) is 17.1 Å². The number of amides is 1. The van der Waals surface area contributed by atoms with Gasteiger partial charge in [-0.3, -0.25) is 4.79 Å². The largest absolute Gasteiger partial charge is 0.496 e. The molecule has 2 aromatic rings. The smallest absolute Gasteiger partial charge is 0.271 e. The van der Waals surface area contributed by atoms with Gasteiger partial charge in [0.25, 0.3) is 5.91 Å². The van der Waals surface area contributed by atoms with Gasteiger partial charge >= 0.3 is 0 Å². The van der Waals surface area contributed by atoms with E-state index in [2.05, 4.69) is 9.88 Å². The molecule has 4 rings (SSSR count). The fraction of sp³-hybridized carbons (Fsp3) is 0.565. The molecule has 5 nitrogen and oxygen atoms in total. The minimum absolute atomic E-state index is 0.0799. The number of ether oxygens (including phenoxy) is 1. The third-order valence-corrected chi connectivity index (χ3v) is 6.47. The molecule has 0 unspecified atom stereocenters. The topological polar surface area (TPSA) is 56.1 Å². The first kappa shape index (κ1) is 20.3. The Morgan fingerprint density at radius 3 is 2.69 bits per heavy atom. The summed E-state index contributed by atoms with van der Waals surface area (Å²) in [6.45, 7) is 2.85. The molecule has 156 valence electrons. The first-order valence-electron chi connectivity index (χ1n) is 10.8. The highest BCUT2D eigenvalue weighted by Crippen LogP contribution is 2.35. The fourth-order valence-corrected chi connectivity index (χ4v) is 4.52. The molecule has 0 radical (unpaired) electrons. The molecule has 1 amide bonds. The molecule has 0 spiro atoms. The number of carbonyl (C=O) groups is 1. The Morgan fingerprint density at radius 2 is 2.00 bits per heavy atom. The van der Waals surface area contributed by atoms with Crippen molar-refractivity contribution in [3.63, 3.8) is 0 Å². The van der Waals surface area contributed by atoms with E-state index in [1.54, 1.807) is 7.11 Å². The Morgan fingerprint density at radius 1 is 1.24 bits per heavy atom. The van der Waals surface area contributed by atoms with E-state index in [-0.39, 0.29) is 5.91 Å². The standard InChI is InChI=1S/C23H30ClN3O2/c1-15-21(23(28)25-18-9-10-18)26-22(19-14-17(24)8-11-20(19)29-2)27(15)13-12-16-6-4-3-5-7-16/h8,11,14,16,18H,3-7,9-10,12-13H2,1-2H3,(H,25,28). The van der Waals surface area contributed by atoms with Crippen molar-refractivity contribution in [2.45, 2.75) is 70.9 Å². The maximum atomic E-state index is 12.8. The predicted octanol–water partition coefficient (Wildman–Crippen LogP) is 5.38. The van der Waals surface area contributed by atoms with Crippen LogP contribution in [0.15, 0.2) is 18.2 Å². The van der Waals surface area contributed by atoms with Crippen LogP contribution in [0.1, 0.15) is 67.5 Å². The highest BCUT2D eigenvalue weighted by Gasteiger charge is 2.28. The SMILES string of the molecule is COc1ccc(Cl)cc1-c1nc(C(=O)NC2CC2)c(C)n1CCC1CCCCC1. The molecule has 1 heterocycles. The van der Waals surface area contributed by atoms with Crippen molar-refractivity contribution in [2.75, 3.05) is 7.11 Å². The first-order valence-corrected chi connectivity index (χ1v) is 11.2. The Bertz CT molecular complexity index is 882. The molecule has 2 saturated carbocycles. The number of halogens is 1. The second-order valence-corrected chi connectivity index (χ2v) is 8.84. The molecule has 1 aromatic carbocycles. The number of methoxy groups -OCH3 is 1. The minimum atomic E-state index is -0.0799. The van der Waals surface area contributed by atoms with Gasteiger partial charge in [0.1, 0.15) is 17.3 Å². The maximum Gasteiger partial charge on any atom is 0.271 e. The number of carbonyl (C=O) groups excluding carboxylic acids is 1. The highest BCUT2D eigenvalue weighted by atomic mass is 35.5. The molecule has 2 aliphatic rings.